The molecule has 1 aliphatic heterocycles. The number of nitrogens with one attached hydrogen (secondary N) is 1. The van der Waals surface area contributed by atoms with Gasteiger partial charge in [0, 0.05) is 19.2 Å². The zero-order chi connectivity index (χ0) is 20.8. The van der Waals surface area contributed by atoms with Gasteiger partial charge < -0.3 is 19.2 Å². The molecule has 2 heterocycles. The number of hydrogen-bond donors (Lipinski definition) is 1. The van der Waals surface area contributed by atoms with Gasteiger partial charge >= 0.3 is 0 Å². The maximum Gasteiger partial charge on any atom is 0.284 e. The van der Waals surface area contributed by atoms with Crippen molar-refractivity contribution in [2.75, 3.05) is 20.3 Å². The number of hydrogen-bond acceptors (Lipinski definition) is 7. The highest BCUT2D eigenvalue weighted by molar-refractivity contribution is 6.01. The number of benzene rings is 1. The summed E-state index contributed by atoms with van der Waals surface area (Å²) in [7, 11) is 1.42. The van der Waals surface area contributed by atoms with E-state index in [9.17, 15) is 20.2 Å². The molecule has 0 spiro atoms. The lowest BCUT2D eigenvalue weighted by atomic mass is 10.1. The molecule has 9 heteroatoms. The number of methoxy groups -OCH3 is 1. The van der Waals surface area contributed by atoms with Crippen LogP contribution in [0.1, 0.15) is 18.6 Å². The smallest absolute Gasteiger partial charge is 0.284 e. The highest BCUT2D eigenvalue weighted by Gasteiger charge is 2.20. The molecule has 0 unspecified atom stereocenters. The number of nitro groups is 1. The summed E-state index contributed by atoms with van der Waals surface area (Å²) in [5.41, 5.74) is -0.0473. The second-order valence-corrected chi connectivity index (χ2v) is 6.36. The van der Waals surface area contributed by atoms with Gasteiger partial charge in [0.05, 0.1) is 29.8 Å². The van der Waals surface area contributed by atoms with E-state index in [1.165, 1.54) is 31.4 Å². The molecule has 1 fully saturated rings. The Labute approximate surface area is 166 Å². The van der Waals surface area contributed by atoms with Crippen LogP contribution in [0, 0.1) is 21.4 Å². The summed E-state index contributed by atoms with van der Waals surface area (Å²) in [6, 6.07) is 9.32. The van der Waals surface area contributed by atoms with Crippen LogP contribution in [0.4, 0.5) is 5.69 Å². The van der Waals surface area contributed by atoms with Crippen molar-refractivity contribution in [3.05, 3.63) is 51.8 Å². The molecule has 0 radical (unpaired) electrons. The van der Waals surface area contributed by atoms with Gasteiger partial charge in [-0.1, -0.05) is 0 Å². The topological polar surface area (TPSA) is 128 Å². The van der Waals surface area contributed by atoms with E-state index < -0.39 is 10.8 Å². The zero-order valence-corrected chi connectivity index (χ0v) is 15.7. The third-order valence-corrected chi connectivity index (χ3v) is 4.46. The first-order valence-corrected chi connectivity index (χ1v) is 8.96. The standard InChI is InChI=1S/C20H19N3O6/c1-27-14-4-6-17(18(10-14)23(25)26)19-7-5-15(29-19)9-13(11-21)20(24)22-12-16-3-2-8-28-16/h4-7,9-10,16H,2-3,8,12H2,1H3,(H,22,24)/b13-9+/t16-/m1/s1. The number of furan rings is 1. The van der Waals surface area contributed by atoms with Crippen molar-refractivity contribution in [2.45, 2.75) is 18.9 Å². The molecular weight excluding hydrogens is 378 g/mol. The lowest BCUT2D eigenvalue weighted by Gasteiger charge is -2.09. The fraction of sp³-hybridized carbons (Fsp3) is 0.300. The van der Waals surface area contributed by atoms with Crippen LogP contribution in [0.25, 0.3) is 17.4 Å². The summed E-state index contributed by atoms with van der Waals surface area (Å²) in [6.45, 7) is 1.01. The van der Waals surface area contributed by atoms with Crippen LogP contribution >= 0.6 is 0 Å². The highest BCUT2D eigenvalue weighted by Crippen LogP contribution is 2.34. The van der Waals surface area contributed by atoms with Gasteiger partial charge in [0.15, 0.2) is 0 Å². The summed E-state index contributed by atoms with van der Waals surface area (Å²) >= 11 is 0. The van der Waals surface area contributed by atoms with Crippen molar-refractivity contribution < 1.29 is 23.6 Å². The molecule has 9 nitrogen and oxygen atoms in total. The maximum absolute atomic E-state index is 12.2. The molecule has 1 amide bonds. The monoisotopic (exact) mass is 397 g/mol. The van der Waals surface area contributed by atoms with E-state index in [1.807, 2.05) is 6.07 Å². The SMILES string of the molecule is COc1ccc(-c2ccc(/C=C(\C#N)C(=O)NC[C@H]3CCCO3)o2)c([N+](=O)[O-])c1. The molecule has 1 atom stereocenters. The second-order valence-electron chi connectivity index (χ2n) is 6.36. The van der Waals surface area contributed by atoms with Gasteiger partial charge in [-0.3, -0.25) is 14.9 Å². The Bertz CT molecular complexity index is 982. The average molecular weight is 397 g/mol. The molecule has 1 aromatic carbocycles. The Morgan fingerprint density at radius 3 is 2.93 bits per heavy atom. The Hall–Kier alpha value is -3.64. The molecule has 1 N–H and O–H groups in total. The summed E-state index contributed by atoms with van der Waals surface area (Å²) in [4.78, 5) is 23.0. The van der Waals surface area contributed by atoms with E-state index >= 15 is 0 Å². The first-order chi connectivity index (χ1) is 14.0. The van der Waals surface area contributed by atoms with Crippen molar-refractivity contribution >= 4 is 17.7 Å². The van der Waals surface area contributed by atoms with Crippen molar-refractivity contribution in [3.63, 3.8) is 0 Å². The van der Waals surface area contributed by atoms with Crippen LogP contribution in [-0.2, 0) is 9.53 Å². The predicted molar refractivity (Wildman–Crippen MR) is 103 cm³/mol. The Kier molecular flexibility index (Phi) is 6.26. The van der Waals surface area contributed by atoms with Crippen LogP contribution in [0.3, 0.4) is 0 Å². The molecule has 1 aromatic heterocycles. The predicted octanol–water partition coefficient (Wildman–Crippen LogP) is 3.07. The number of nitro benzene ring substituents is 1. The van der Waals surface area contributed by atoms with Gasteiger partial charge in [0.2, 0.25) is 0 Å². The van der Waals surface area contributed by atoms with E-state index in [2.05, 4.69) is 5.32 Å². The van der Waals surface area contributed by atoms with Gasteiger partial charge in [0.1, 0.15) is 28.9 Å². The normalized spacial score (nSPS) is 16.3. The summed E-state index contributed by atoms with van der Waals surface area (Å²) < 4.78 is 16.1. The molecule has 3 rings (SSSR count). The van der Waals surface area contributed by atoms with Crippen LogP contribution in [0.15, 0.2) is 40.3 Å². The fourth-order valence-electron chi connectivity index (χ4n) is 2.97. The number of amides is 1. The van der Waals surface area contributed by atoms with Crippen molar-refractivity contribution in [1.82, 2.24) is 5.32 Å². The lowest BCUT2D eigenvalue weighted by Crippen LogP contribution is -2.32. The molecular formula is C20H19N3O6. The summed E-state index contributed by atoms with van der Waals surface area (Å²) in [5, 5.41) is 23.3. The fourth-order valence-corrected chi connectivity index (χ4v) is 2.97. The van der Waals surface area contributed by atoms with E-state index in [1.54, 1.807) is 12.1 Å². The van der Waals surface area contributed by atoms with Gasteiger partial charge in [-0.05, 0) is 37.1 Å². The van der Waals surface area contributed by atoms with E-state index in [-0.39, 0.29) is 34.4 Å². The minimum Gasteiger partial charge on any atom is -0.497 e. The first kappa shape index (κ1) is 20.1. The molecule has 2 aromatic rings. The number of nitrogens with zero attached hydrogens (tertiary/aromatic N) is 2. The zero-order valence-electron chi connectivity index (χ0n) is 15.7. The third kappa shape index (κ3) is 4.80. The molecule has 0 bridgehead atoms. The van der Waals surface area contributed by atoms with Crippen LogP contribution < -0.4 is 10.1 Å². The molecule has 29 heavy (non-hydrogen) atoms. The number of ether oxygens (including phenoxy) is 2. The van der Waals surface area contributed by atoms with E-state index in [4.69, 9.17) is 13.9 Å². The number of carbonyl (C=O) groups excluding carboxylic acids is 1. The van der Waals surface area contributed by atoms with Crippen molar-refractivity contribution in [1.29, 1.82) is 5.26 Å². The first-order valence-electron chi connectivity index (χ1n) is 8.96. The van der Waals surface area contributed by atoms with Crippen LogP contribution in [0.5, 0.6) is 5.75 Å². The summed E-state index contributed by atoms with van der Waals surface area (Å²) in [6.07, 6.45) is 3.08. The maximum atomic E-state index is 12.2. The summed E-state index contributed by atoms with van der Waals surface area (Å²) in [5.74, 6) is 0.287. The number of nitriles is 1. The number of rotatable bonds is 7. The molecule has 1 aliphatic rings. The van der Waals surface area contributed by atoms with Crippen LogP contribution in [0.2, 0.25) is 0 Å². The van der Waals surface area contributed by atoms with E-state index in [0.29, 0.717) is 18.9 Å². The average Bonchev–Trinajstić information content (AvgIpc) is 3.41. The van der Waals surface area contributed by atoms with Crippen molar-refractivity contribution in [2.24, 2.45) is 0 Å². The lowest BCUT2D eigenvalue weighted by molar-refractivity contribution is -0.384. The molecule has 1 saturated heterocycles. The van der Waals surface area contributed by atoms with Gasteiger partial charge in [-0.25, -0.2) is 0 Å². The minimum absolute atomic E-state index is 0.0373. The minimum atomic E-state index is -0.533. The number of carbonyl (C=O) groups is 1. The van der Waals surface area contributed by atoms with Crippen molar-refractivity contribution in [3.8, 4) is 23.1 Å². The van der Waals surface area contributed by atoms with E-state index in [0.717, 1.165) is 12.8 Å². The third-order valence-electron chi connectivity index (χ3n) is 4.46. The molecule has 0 saturated carbocycles. The molecule has 0 aliphatic carbocycles. The highest BCUT2D eigenvalue weighted by atomic mass is 16.6. The quantitative estimate of drug-likeness (QED) is 0.329. The Morgan fingerprint density at radius 1 is 1.45 bits per heavy atom. The van der Waals surface area contributed by atoms with Gasteiger partial charge in [0.25, 0.3) is 11.6 Å². The Morgan fingerprint density at radius 2 is 2.28 bits per heavy atom. The molecule has 150 valence electrons. The second kappa shape index (κ2) is 9.03. The van der Waals surface area contributed by atoms with Gasteiger partial charge in [-0.15, -0.1) is 0 Å². The Balaban J connectivity index is 1.78. The largest absolute Gasteiger partial charge is 0.497 e. The van der Waals surface area contributed by atoms with Crippen LogP contribution in [-0.4, -0.2) is 37.2 Å². The van der Waals surface area contributed by atoms with Gasteiger partial charge in [-0.2, -0.15) is 5.26 Å².